The number of carbonyl (C=O) groups is 2. The lowest BCUT2D eigenvalue weighted by Gasteiger charge is -2.44. The molecule has 6 atom stereocenters. The van der Waals surface area contributed by atoms with Crippen molar-refractivity contribution in [2.24, 2.45) is 22.7 Å². The van der Waals surface area contributed by atoms with Crippen LogP contribution in [0.15, 0.2) is 11.1 Å². The second-order valence-electron chi connectivity index (χ2n) is 8.85. The second kappa shape index (κ2) is 5.17. The van der Waals surface area contributed by atoms with Gasteiger partial charge in [0, 0.05) is 30.1 Å². The monoisotopic (exact) mass is 332 g/mol. The molecule has 0 aromatic rings. The van der Waals surface area contributed by atoms with E-state index in [0.717, 1.165) is 32.1 Å². The van der Waals surface area contributed by atoms with Crippen molar-refractivity contribution < 1.29 is 19.4 Å². The number of hydrogen-bond donors (Lipinski definition) is 1. The second-order valence-corrected chi connectivity index (χ2v) is 8.85. The van der Waals surface area contributed by atoms with Crippen LogP contribution in [-0.2, 0) is 14.3 Å². The third kappa shape index (κ3) is 2.01. The smallest absolute Gasteiger partial charge is 0.302 e. The number of aliphatic hydroxyl groups excluding tert-OH is 1. The first kappa shape index (κ1) is 16.3. The quantitative estimate of drug-likeness (QED) is 0.592. The Hall–Kier alpha value is -1.16. The highest BCUT2D eigenvalue weighted by molar-refractivity contribution is 5.87. The Morgan fingerprint density at radius 1 is 1.17 bits per heavy atom. The van der Waals surface area contributed by atoms with Crippen molar-refractivity contribution in [1.82, 2.24) is 0 Å². The molecule has 3 saturated carbocycles. The van der Waals surface area contributed by atoms with Crippen LogP contribution in [0.3, 0.4) is 0 Å². The van der Waals surface area contributed by atoms with Crippen molar-refractivity contribution in [2.75, 3.05) is 0 Å². The van der Waals surface area contributed by atoms with E-state index in [4.69, 9.17) is 4.74 Å². The highest BCUT2D eigenvalue weighted by Gasteiger charge is 2.61. The molecule has 4 aliphatic rings. The Labute approximate surface area is 143 Å². The molecule has 3 fully saturated rings. The van der Waals surface area contributed by atoms with Crippen LogP contribution >= 0.6 is 0 Å². The number of ether oxygens (including phenoxy) is 1. The maximum absolute atomic E-state index is 12.4. The Morgan fingerprint density at radius 2 is 1.92 bits per heavy atom. The van der Waals surface area contributed by atoms with Crippen LogP contribution in [0.5, 0.6) is 0 Å². The molecular formula is C20H28O4. The van der Waals surface area contributed by atoms with Gasteiger partial charge in [-0.15, -0.1) is 0 Å². The van der Waals surface area contributed by atoms with Gasteiger partial charge in [0.15, 0.2) is 0 Å². The predicted octanol–water partition coefficient (Wildman–Crippen LogP) is 3.17. The molecule has 6 unspecified atom stereocenters. The van der Waals surface area contributed by atoms with Gasteiger partial charge in [-0.1, -0.05) is 25.0 Å². The Balaban J connectivity index is 1.68. The first-order valence-electron chi connectivity index (χ1n) is 9.38. The molecule has 4 aliphatic carbocycles. The summed E-state index contributed by atoms with van der Waals surface area (Å²) in [5.41, 5.74) is 2.30. The summed E-state index contributed by atoms with van der Waals surface area (Å²) in [5, 5.41) is 11.3. The van der Waals surface area contributed by atoms with Crippen LogP contribution < -0.4 is 0 Å². The van der Waals surface area contributed by atoms with Gasteiger partial charge in [0.25, 0.3) is 0 Å². The molecule has 0 bridgehead atoms. The third-order valence-corrected chi connectivity index (χ3v) is 7.66. The SMILES string of the molecule is CC(=O)OC1CCC2=C3CCC4(C)C(=O)CCC4C3C(O)C2(C)C1. The van der Waals surface area contributed by atoms with E-state index in [1.54, 1.807) is 0 Å². The van der Waals surface area contributed by atoms with Crippen LogP contribution in [0, 0.1) is 22.7 Å². The summed E-state index contributed by atoms with van der Waals surface area (Å²) in [6.07, 6.45) is 5.39. The van der Waals surface area contributed by atoms with Gasteiger partial charge < -0.3 is 9.84 Å². The summed E-state index contributed by atoms with van der Waals surface area (Å²) in [4.78, 5) is 23.8. The van der Waals surface area contributed by atoms with Gasteiger partial charge >= 0.3 is 5.97 Å². The van der Waals surface area contributed by atoms with E-state index in [-0.39, 0.29) is 34.7 Å². The molecule has 0 saturated heterocycles. The lowest BCUT2D eigenvalue weighted by Crippen LogP contribution is -2.45. The van der Waals surface area contributed by atoms with E-state index in [1.165, 1.54) is 18.1 Å². The molecule has 0 spiro atoms. The lowest BCUT2D eigenvalue weighted by molar-refractivity contribution is -0.150. The largest absolute Gasteiger partial charge is 0.463 e. The highest BCUT2D eigenvalue weighted by Crippen LogP contribution is 2.64. The van der Waals surface area contributed by atoms with Crippen molar-refractivity contribution in [3.8, 4) is 0 Å². The van der Waals surface area contributed by atoms with Crippen LogP contribution in [0.2, 0.25) is 0 Å². The van der Waals surface area contributed by atoms with Crippen molar-refractivity contribution >= 4 is 11.8 Å². The van der Waals surface area contributed by atoms with Gasteiger partial charge in [-0.05, 0) is 44.4 Å². The number of ketones is 1. The molecule has 4 rings (SSSR count). The topological polar surface area (TPSA) is 63.6 Å². The maximum atomic E-state index is 12.4. The molecule has 1 N–H and O–H groups in total. The molecular weight excluding hydrogens is 304 g/mol. The molecule has 0 radical (unpaired) electrons. The minimum Gasteiger partial charge on any atom is -0.463 e. The number of carbonyl (C=O) groups excluding carboxylic acids is 2. The van der Waals surface area contributed by atoms with Gasteiger partial charge in [-0.3, -0.25) is 9.59 Å². The summed E-state index contributed by atoms with van der Waals surface area (Å²) < 4.78 is 5.46. The van der Waals surface area contributed by atoms with E-state index >= 15 is 0 Å². The van der Waals surface area contributed by atoms with E-state index in [9.17, 15) is 14.7 Å². The minimum atomic E-state index is -0.448. The van der Waals surface area contributed by atoms with Gasteiger partial charge in [0.1, 0.15) is 11.9 Å². The first-order valence-corrected chi connectivity index (χ1v) is 9.38. The molecule has 4 nitrogen and oxygen atoms in total. The van der Waals surface area contributed by atoms with Crippen molar-refractivity contribution in [3.63, 3.8) is 0 Å². The van der Waals surface area contributed by atoms with E-state index in [1.807, 2.05) is 0 Å². The number of aliphatic hydroxyl groups is 1. The highest BCUT2D eigenvalue weighted by atomic mass is 16.5. The Bertz CT molecular complexity index is 636. The maximum Gasteiger partial charge on any atom is 0.302 e. The van der Waals surface area contributed by atoms with Crippen molar-refractivity contribution in [1.29, 1.82) is 0 Å². The van der Waals surface area contributed by atoms with E-state index in [2.05, 4.69) is 13.8 Å². The molecule has 24 heavy (non-hydrogen) atoms. The fraction of sp³-hybridized carbons (Fsp3) is 0.800. The standard InChI is InChI=1S/C20H28O4/c1-11(21)24-12-4-5-14-13-8-9-19(2)15(6-7-16(19)22)17(13)18(23)20(14,3)10-12/h12,15,17-18,23H,4-10H2,1-3H3. The van der Waals surface area contributed by atoms with Crippen LogP contribution in [0.4, 0.5) is 0 Å². The summed E-state index contributed by atoms with van der Waals surface area (Å²) in [6, 6.07) is 0. The van der Waals surface area contributed by atoms with Crippen LogP contribution in [0.1, 0.15) is 65.7 Å². The molecule has 0 aromatic carbocycles. The summed E-state index contributed by atoms with van der Waals surface area (Å²) >= 11 is 0. The van der Waals surface area contributed by atoms with Gasteiger partial charge in [0.2, 0.25) is 0 Å². The predicted molar refractivity (Wildman–Crippen MR) is 89.1 cm³/mol. The number of esters is 1. The van der Waals surface area contributed by atoms with E-state index in [0.29, 0.717) is 18.6 Å². The van der Waals surface area contributed by atoms with Gasteiger partial charge in [-0.2, -0.15) is 0 Å². The van der Waals surface area contributed by atoms with Crippen LogP contribution in [-0.4, -0.2) is 29.1 Å². The van der Waals surface area contributed by atoms with Gasteiger partial charge in [-0.25, -0.2) is 0 Å². The normalized spacial score (nSPS) is 47.2. The minimum absolute atomic E-state index is 0.0942. The summed E-state index contributed by atoms with van der Waals surface area (Å²) in [7, 11) is 0. The summed E-state index contributed by atoms with van der Waals surface area (Å²) in [5.74, 6) is 0.567. The molecule has 0 amide bonds. The van der Waals surface area contributed by atoms with Crippen molar-refractivity contribution in [3.05, 3.63) is 11.1 Å². The lowest BCUT2D eigenvalue weighted by atomic mass is 9.61. The zero-order chi connectivity index (χ0) is 17.3. The number of hydrogen-bond acceptors (Lipinski definition) is 4. The van der Waals surface area contributed by atoms with Crippen molar-refractivity contribution in [2.45, 2.75) is 77.9 Å². The number of rotatable bonds is 1. The molecule has 0 aliphatic heterocycles. The fourth-order valence-electron chi connectivity index (χ4n) is 6.41. The molecule has 0 aromatic heterocycles. The molecule has 132 valence electrons. The first-order chi connectivity index (χ1) is 11.3. The Morgan fingerprint density at radius 3 is 2.62 bits per heavy atom. The Kier molecular flexibility index (Phi) is 3.51. The number of Topliss-reactive ketones (excluding diaryl/α,β-unsaturated/α-hetero) is 1. The fourth-order valence-corrected chi connectivity index (χ4v) is 6.41. The average molecular weight is 332 g/mol. The zero-order valence-corrected chi connectivity index (χ0v) is 14.9. The zero-order valence-electron chi connectivity index (χ0n) is 14.9. The van der Waals surface area contributed by atoms with E-state index < -0.39 is 6.10 Å². The third-order valence-electron chi connectivity index (χ3n) is 7.66. The average Bonchev–Trinajstić information content (AvgIpc) is 2.92. The molecule has 4 heteroatoms. The summed E-state index contributed by atoms with van der Waals surface area (Å²) in [6.45, 7) is 5.71. The van der Waals surface area contributed by atoms with Crippen LogP contribution in [0.25, 0.3) is 0 Å². The number of fused-ring (bicyclic) bond motifs is 4. The van der Waals surface area contributed by atoms with Gasteiger partial charge in [0.05, 0.1) is 6.10 Å². The molecule has 0 heterocycles.